The summed E-state index contributed by atoms with van der Waals surface area (Å²) in [5, 5.41) is 8.32. The van der Waals surface area contributed by atoms with Gasteiger partial charge in [0, 0.05) is 12.6 Å². The monoisotopic (exact) mass is 349 g/mol. The summed E-state index contributed by atoms with van der Waals surface area (Å²) in [7, 11) is 0. The first-order chi connectivity index (χ1) is 11.0. The number of amides is 1. The number of aryl methyl sites for hydroxylation is 1. The van der Waals surface area contributed by atoms with Gasteiger partial charge in [0.05, 0.1) is 11.4 Å². The second-order valence-corrected chi connectivity index (χ2v) is 6.42. The van der Waals surface area contributed by atoms with Gasteiger partial charge in [0.1, 0.15) is 0 Å². The van der Waals surface area contributed by atoms with Crippen LogP contribution >= 0.6 is 12.4 Å². The van der Waals surface area contributed by atoms with Gasteiger partial charge in [-0.1, -0.05) is 17.3 Å². The molecule has 0 spiro atoms. The zero-order valence-corrected chi connectivity index (χ0v) is 15.1. The third-order valence-electron chi connectivity index (χ3n) is 4.60. The first kappa shape index (κ1) is 18.4. The van der Waals surface area contributed by atoms with Crippen molar-refractivity contribution in [2.45, 2.75) is 33.2 Å². The number of carbonyl (C=O) groups excluding carboxylic acids is 1. The summed E-state index contributed by atoms with van der Waals surface area (Å²) in [6.45, 7) is 7.29. The van der Waals surface area contributed by atoms with Gasteiger partial charge in [0.2, 0.25) is 0 Å². The van der Waals surface area contributed by atoms with E-state index in [0.717, 1.165) is 23.4 Å². The maximum absolute atomic E-state index is 12.8. The molecular weight excluding hydrogens is 326 g/mol. The van der Waals surface area contributed by atoms with Crippen LogP contribution in [-0.4, -0.2) is 44.9 Å². The molecule has 6 nitrogen and oxygen atoms in total. The van der Waals surface area contributed by atoms with Crippen molar-refractivity contribution < 1.29 is 4.79 Å². The van der Waals surface area contributed by atoms with Crippen LogP contribution in [0.25, 0.3) is 5.69 Å². The van der Waals surface area contributed by atoms with Gasteiger partial charge < -0.3 is 10.6 Å². The molecule has 2 aromatic rings. The van der Waals surface area contributed by atoms with E-state index in [4.69, 9.17) is 5.73 Å². The fraction of sp³-hybridized carbons (Fsp3) is 0.471. The molecule has 2 N–H and O–H groups in total. The lowest BCUT2D eigenvalue weighted by atomic mass is 10.1. The fourth-order valence-electron chi connectivity index (χ4n) is 3.26. The molecule has 1 aromatic heterocycles. The van der Waals surface area contributed by atoms with Gasteiger partial charge in [0.15, 0.2) is 5.69 Å². The molecule has 1 fully saturated rings. The molecule has 0 saturated carbocycles. The molecule has 0 bridgehead atoms. The molecule has 24 heavy (non-hydrogen) atoms. The predicted molar refractivity (Wildman–Crippen MR) is 95.7 cm³/mol. The fourth-order valence-corrected chi connectivity index (χ4v) is 3.26. The SMILES string of the molecule is Cc1cccc(-n2nnc(C(=O)N3CC(CN)CC3C)c2C)c1.Cl. The number of hydrogen-bond acceptors (Lipinski definition) is 4. The highest BCUT2D eigenvalue weighted by atomic mass is 35.5. The molecule has 7 heteroatoms. The van der Waals surface area contributed by atoms with E-state index in [2.05, 4.69) is 17.2 Å². The zero-order valence-electron chi connectivity index (χ0n) is 14.3. The summed E-state index contributed by atoms with van der Waals surface area (Å²) < 4.78 is 1.72. The molecule has 1 aliphatic rings. The average molecular weight is 350 g/mol. The average Bonchev–Trinajstić information content (AvgIpc) is 3.09. The zero-order chi connectivity index (χ0) is 16.6. The van der Waals surface area contributed by atoms with E-state index in [-0.39, 0.29) is 24.4 Å². The highest BCUT2D eigenvalue weighted by Gasteiger charge is 2.34. The Labute approximate surface area is 148 Å². The van der Waals surface area contributed by atoms with E-state index in [1.165, 1.54) is 0 Å². The lowest BCUT2D eigenvalue weighted by Gasteiger charge is -2.20. The molecule has 1 aliphatic heterocycles. The van der Waals surface area contributed by atoms with Crippen molar-refractivity contribution in [2.24, 2.45) is 11.7 Å². The number of aromatic nitrogens is 3. The largest absolute Gasteiger partial charge is 0.334 e. The number of rotatable bonds is 3. The highest BCUT2D eigenvalue weighted by molar-refractivity contribution is 5.93. The van der Waals surface area contributed by atoms with E-state index in [1.807, 2.05) is 43.0 Å². The molecule has 2 atom stereocenters. The number of halogens is 1. The summed E-state index contributed by atoms with van der Waals surface area (Å²) in [5.74, 6) is 0.325. The molecule has 1 aromatic carbocycles. The van der Waals surface area contributed by atoms with Crippen LogP contribution in [0.1, 0.15) is 35.1 Å². The summed E-state index contributed by atoms with van der Waals surface area (Å²) in [5.41, 5.74) is 9.01. The van der Waals surface area contributed by atoms with Gasteiger partial charge in [-0.05, 0) is 57.4 Å². The Morgan fingerprint density at radius 3 is 2.75 bits per heavy atom. The minimum absolute atomic E-state index is 0. The number of nitrogens with two attached hydrogens (primary N) is 1. The first-order valence-corrected chi connectivity index (χ1v) is 8.01. The van der Waals surface area contributed by atoms with Crippen molar-refractivity contribution in [1.29, 1.82) is 0 Å². The Hall–Kier alpha value is -1.92. The third-order valence-corrected chi connectivity index (χ3v) is 4.60. The standard InChI is InChI=1S/C17H23N5O.ClH/c1-11-5-4-6-15(7-11)22-13(3)16(19-20-22)17(23)21-10-14(9-18)8-12(21)2;/h4-7,12,14H,8-10,18H2,1-3H3;1H. The third kappa shape index (κ3) is 3.30. The van der Waals surface area contributed by atoms with Crippen LogP contribution in [0.4, 0.5) is 0 Å². The molecule has 1 saturated heterocycles. The normalized spacial score (nSPS) is 20.1. The lowest BCUT2D eigenvalue weighted by Crippen LogP contribution is -2.35. The van der Waals surface area contributed by atoms with Crippen LogP contribution in [0.5, 0.6) is 0 Å². The quantitative estimate of drug-likeness (QED) is 0.920. The predicted octanol–water partition coefficient (Wildman–Crippen LogP) is 2.12. The van der Waals surface area contributed by atoms with Crippen LogP contribution < -0.4 is 5.73 Å². The first-order valence-electron chi connectivity index (χ1n) is 8.01. The van der Waals surface area contributed by atoms with E-state index < -0.39 is 0 Å². The number of carbonyl (C=O) groups is 1. The van der Waals surface area contributed by atoms with Crippen molar-refractivity contribution in [3.8, 4) is 5.69 Å². The Balaban J connectivity index is 0.00000208. The van der Waals surface area contributed by atoms with Gasteiger partial charge in [-0.25, -0.2) is 4.68 Å². The maximum Gasteiger partial charge on any atom is 0.276 e. The van der Waals surface area contributed by atoms with Crippen molar-refractivity contribution in [1.82, 2.24) is 19.9 Å². The lowest BCUT2D eigenvalue weighted by molar-refractivity contribution is 0.0736. The van der Waals surface area contributed by atoms with Crippen molar-refractivity contribution in [3.05, 3.63) is 41.2 Å². The van der Waals surface area contributed by atoms with Crippen LogP contribution in [0.2, 0.25) is 0 Å². The number of likely N-dealkylation sites (tertiary alicyclic amines) is 1. The van der Waals surface area contributed by atoms with E-state index in [1.54, 1.807) is 4.68 Å². The van der Waals surface area contributed by atoms with Crippen LogP contribution in [0.3, 0.4) is 0 Å². The smallest absolute Gasteiger partial charge is 0.276 e. The van der Waals surface area contributed by atoms with Gasteiger partial charge >= 0.3 is 0 Å². The molecule has 130 valence electrons. The minimum Gasteiger partial charge on any atom is -0.334 e. The Kier molecular flexibility index (Phi) is 5.62. The molecule has 2 heterocycles. The van der Waals surface area contributed by atoms with Crippen LogP contribution in [0, 0.1) is 19.8 Å². The summed E-state index contributed by atoms with van der Waals surface area (Å²) in [6, 6.07) is 8.19. The van der Waals surface area contributed by atoms with Gasteiger partial charge in [0.25, 0.3) is 5.91 Å². The summed E-state index contributed by atoms with van der Waals surface area (Å²) in [6.07, 6.45) is 0.952. The van der Waals surface area contributed by atoms with Gasteiger partial charge in [-0.3, -0.25) is 4.79 Å². The van der Waals surface area contributed by atoms with E-state index in [9.17, 15) is 4.79 Å². The Morgan fingerprint density at radius 2 is 2.12 bits per heavy atom. The van der Waals surface area contributed by atoms with Crippen molar-refractivity contribution in [3.63, 3.8) is 0 Å². The van der Waals surface area contributed by atoms with E-state index in [0.29, 0.717) is 24.7 Å². The maximum atomic E-state index is 12.8. The molecule has 0 aliphatic carbocycles. The molecule has 1 amide bonds. The molecule has 2 unspecified atom stereocenters. The van der Waals surface area contributed by atoms with Gasteiger partial charge in [-0.2, -0.15) is 0 Å². The number of hydrogen-bond donors (Lipinski definition) is 1. The van der Waals surface area contributed by atoms with Crippen LogP contribution in [-0.2, 0) is 0 Å². The van der Waals surface area contributed by atoms with Crippen molar-refractivity contribution >= 4 is 18.3 Å². The summed E-state index contributed by atoms with van der Waals surface area (Å²) in [4.78, 5) is 14.7. The Bertz CT molecular complexity index is 730. The van der Waals surface area contributed by atoms with Crippen LogP contribution in [0.15, 0.2) is 24.3 Å². The van der Waals surface area contributed by atoms with Gasteiger partial charge in [-0.15, -0.1) is 17.5 Å². The minimum atomic E-state index is -0.0511. The second-order valence-electron chi connectivity index (χ2n) is 6.42. The summed E-state index contributed by atoms with van der Waals surface area (Å²) >= 11 is 0. The topological polar surface area (TPSA) is 77.0 Å². The highest BCUT2D eigenvalue weighted by Crippen LogP contribution is 2.25. The Morgan fingerprint density at radius 1 is 1.38 bits per heavy atom. The molecule has 3 rings (SSSR count). The second kappa shape index (κ2) is 7.32. The van der Waals surface area contributed by atoms with E-state index >= 15 is 0 Å². The molecule has 0 radical (unpaired) electrons. The van der Waals surface area contributed by atoms with Crippen molar-refractivity contribution in [2.75, 3.05) is 13.1 Å². The molecular formula is C17H24ClN5O. The number of benzene rings is 1. The number of nitrogens with zero attached hydrogens (tertiary/aromatic N) is 4.